The highest BCUT2D eigenvalue weighted by Crippen LogP contribution is 2.29. The normalized spacial score (nSPS) is 14.2. The fraction of sp³-hybridized carbons (Fsp3) is 0.389. The first-order chi connectivity index (χ1) is 15.5. The minimum Gasteiger partial charge on any atom is -0.444 e. The van der Waals surface area contributed by atoms with Gasteiger partial charge in [-0.2, -0.15) is 10.2 Å². The van der Waals surface area contributed by atoms with Crippen LogP contribution >= 0.6 is 45.2 Å². The number of H-pyrrole nitrogens is 1. The number of halogens is 2. The van der Waals surface area contributed by atoms with Gasteiger partial charge in [0.05, 0.1) is 16.8 Å². The molecule has 1 fully saturated rings. The van der Waals surface area contributed by atoms with Crippen LogP contribution in [0.1, 0.15) is 26.8 Å². The minimum absolute atomic E-state index is 0.0767. The van der Waals surface area contributed by atoms with Gasteiger partial charge in [0, 0.05) is 13.1 Å². The van der Waals surface area contributed by atoms with Crippen molar-refractivity contribution >= 4 is 85.0 Å². The van der Waals surface area contributed by atoms with Gasteiger partial charge in [0.15, 0.2) is 11.3 Å². The van der Waals surface area contributed by atoms with E-state index in [1.54, 1.807) is 4.90 Å². The maximum atomic E-state index is 12.0. The maximum Gasteiger partial charge on any atom is 0.410 e. The number of amides is 1. The van der Waals surface area contributed by atoms with Crippen LogP contribution in [0.5, 0.6) is 0 Å². The third-order valence-electron chi connectivity index (χ3n) is 4.67. The molecular weight excluding hydrogens is 656 g/mol. The Morgan fingerprint density at radius 3 is 2.36 bits per heavy atom. The highest BCUT2D eigenvalue weighted by molar-refractivity contribution is 14.1. The molecule has 1 saturated heterocycles. The van der Waals surface area contributed by atoms with E-state index in [2.05, 4.69) is 80.4 Å². The Hall–Kier alpha value is -2.57. The zero-order chi connectivity index (χ0) is 23.9. The van der Waals surface area contributed by atoms with Crippen molar-refractivity contribution in [3.05, 3.63) is 20.1 Å². The average molecular weight is 677 g/mol. The Bertz CT molecular complexity index is 1320. The molecule has 13 nitrogen and oxygen atoms in total. The fourth-order valence-electron chi connectivity index (χ4n) is 3.14. The summed E-state index contributed by atoms with van der Waals surface area (Å²) in [6.45, 7) is 6.65. The van der Waals surface area contributed by atoms with Gasteiger partial charge in [-0.15, -0.1) is 0 Å². The van der Waals surface area contributed by atoms with Gasteiger partial charge < -0.3 is 21.1 Å². The molecule has 0 radical (unpaired) electrons. The standard InChI is InChI=1S/C13H17IN6O2.C5H4IN5/c1-13(2,3)22-12(21)19-4-7(5-19)20-11-8(9(14)18-20)10(15)16-6-17-11;6-3-2-4(7)8-1-9-5(2)11-10-3/h6-7H,4-5H2,1-3H3,(H2,15,16,17);1H,(H3,7,8,9,10,11). The number of nitrogens with two attached hydrogens (primary N) is 2. The number of hydrogen-bond donors (Lipinski definition) is 3. The van der Waals surface area contributed by atoms with E-state index in [1.807, 2.05) is 25.5 Å². The molecule has 1 aliphatic rings. The van der Waals surface area contributed by atoms with Gasteiger partial charge in [0.25, 0.3) is 0 Å². The van der Waals surface area contributed by atoms with Crippen molar-refractivity contribution in [3.63, 3.8) is 0 Å². The lowest BCUT2D eigenvalue weighted by molar-refractivity contribution is 0.0000417. The molecule has 5 N–H and O–H groups in total. The molecule has 1 aliphatic heterocycles. The lowest BCUT2D eigenvalue weighted by Gasteiger charge is -2.39. The van der Waals surface area contributed by atoms with E-state index in [4.69, 9.17) is 16.2 Å². The van der Waals surface area contributed by atoms with E-state index in [0.717, 1.165) is 18.2 Å². The van der Waals surface area contributed by atoms with Crippen LogP contribution < -0.4 is 11.5 Å². The van der Waals surface area contributed by atoms with Crippen LogP contribution in [0.25, 0.3) is 22.1 Å². The van der Waals surface area contributed by atoms with Gasteiger partial charge in [-0.25, -0.2) is 29.4 Å². The average Bonchev–Trinajstić information content (AvgIpc) is 3.22. The smallest absolute Gasteiger partial charge is 0.410 e. The quantitative estimate of drug-likeness (QED) is 0.253. The van der Waals surface area contributed by atoms with Crippen LogP contribution in [-0.4, -0.2) is 69.6 Å². The number of likely N-dealkylation sites (tertiary alicyclic amines) is 1. The summed E-state index contributed by atoms with van der Waals surface area (Å²) >= 11 is 4.22. The highest BCUT2D eigenvalue weighted by Gasteiger charge is 2.36. The first kappa shape index (κ1) is 23.6. The number of nitrogen functional groups attached to an aromatic ring is 2. The van der Waals surface area contributed by atoms with Crippen LogP contribution in [0.4, 0.5) is 16.4 Å². The molecule has 0 aromatic carbocycles. The number of aromatic amines is 1. The molecular formula is C18H21I2N11O2. The molecule has 0 unspecified atom stereocenters. The lowest BCUT2D eigenvalue weighted by atomic mass is 10.1. The molecule has 1 amide bonds. The number of carbonyl (C=O) groups is 1. The molecule has 174 valence electrons. The number of nitrogens with one attached hydrogen (secondary N) is 1. The third kappa shape index (κ3) is 4.87. The second kappa shape index (κ2) is 8.99. The number of nitrogens with zero attached hydrogens (tertiary/aromatic N) is 8. The molecule has 33 heavy (non-hydrogen) atoms. The van der Waals surface area contributed by atoms with Crippen molar-refractivity contribution in [2.75, 3.05) is 24.6 Å². The Morgan fingerprint density at radius 1 is 1.09 bits per heavy atom. The molecule has 5 rings (SSSR count). The van der Waals surface area contributed by atoms with E-state index in [0.29, 0.717) is 36.0 Å². The largest absolute Gasteiger partial charge is 0.444 e. The van der Waals surface area contributed by atoms with Gasteiger partial charge >= 0.3 is 6.09 Å². The number of hydrogen-bond acceptors (Lipinski definition) is 10. The zero-order valence-electron chi connectivity index (χ0n) is 18.0. The lowest BCUT2D eigenvalue weighted by Crippen LogP contribution is -2.52. The van der Waals surface area contributed by atoms with Crippen molar-refractivity contribution in [1.29, 1.82) is 0 Å². The second-order valence-electron chi connectivity index (χ2n) is 8.23. The Kier molecular flexibility index (Phi) is 6.43. The summed E-state index contributed by atoms with van der Waals surface area (Å²) < 4.78 is 8.80. The zero-order valence-corrected chi connectivity index (χ0v) is 22.3. The number of rotatable bonds is 1. The molecule has 4 aromatic heterocycles. The van der Waals surface area contributed by atoms with E-state index >= 15 is 0 Å². The van der Waals surface area contributed by atoms with Crippen LogP contribution in [0.2, 0.25) is 0 Å². The maximum absolute atomic E-state index is 12.0. The molecule has 0 saturated carbocycles. The predicted molar refractivity (Wildman–Crippen MR) is 138 cm³/mol. The molecule has 15 heteroatoms. The molecule has 0 bridgehead atoms. The first-order valence-corrected chi connectivity index (χ1v) is 11.9. The predicted octanol–water partition coefficient (Wildman–Crippen LogP) is 2.34. The Labute approximate surface area is 215 Å². The summed E-state index contributed by atoms with van der Waals surface area (Å²) in [6, 6.07) is 0.0767. The fourth-order valence-corrected chi connectivity index (χ4v) is 4.52. The molecule has 0 aliphatic carbocycles. The van der Waals surface area contributed by atoms with Crippen molar-refractivity contribution < 1.29 is 9.53 Å². The van der Waals surface area contributed by atoms with Crippen LogP contribution in [0.15, 0.2) is 12.7 Å². The van der Waals surface area contributed by atoms with Crippen molar-refractivity contribution in [2.45, 2.75) is 32.4 Å². The number of carbonyl (C=O) groups excluding carboxylic acids is 1. The number of aromatic nitrogens is 8. The summed E-state index contributed by atoms with van der Waals surface area (Å²) in [4.78, 5) is 29.6. The summed E-state index contributed by atoms with van der Waals surface area (Å²) in [7, 11) is 0. The molecule has 0 spiro atoms. The van der Waals surface area contributed by atoms with Crippen molar-refractivity contribution in [3.8, 4) is 0 Å². The van der Waals surface area contributed by atoms with Gasteiger partial charge in [-0.1, -0.05) is 0 Å². The summed E-state index contributed by atoms with van der Waals surface area (Å²) in [5.41, 5.74) is 12.3. The topological polar surface area (TPSA) is 180 Å². The number of anilines is 2. The van der Waals surface area contributed by atoms with Crippen LogP contribution in [0, 0.1) is 7.40 Å². The van der Waals surface area contributed by atoms with E-state index in [1.165, 1.54) is 12.7 Å². The van der Waals surface area contributed by atoms with Gasteiger partial charge in [-0.3, -0.25) is 5.10 Å². The molecule has 5 heterocycles. The SMILES string of the molecule is CC(C)(C)OC(=O)N1CC(n2nc(I)c3c(N)ncnc32)C1.Nc1ncnc2n[nH]c(I)c12. The van der Waals surface area contributed by atoms with Crippen LogP contribution in [0.3, 0.4) is 0 Å². The highest BCUT2D eigenvalue weighted by atomic mass is 127. The third-order valence-corrected chi connectivity index (χ3v) is 6.21. The van der Waals surface area contributed by atoms with Gasteiger partial charge in [0.2, 0.25) is 0 Å². The van der Waals surface area contributed by atoms with Crippen molar-refractivity contribution in [2.24, 2.45) is 0 Å². The van der Waals surface area contributed by atoms with Gasteiger partial charge in [-0.05, 0) is 66.0 Å². The van der Waals surface area contributed by atoms with Gasteiger partial charge in [0.1, 0.15) is 37.3 Å². The first-order valence-electron chi connectivity index (χ1n) is 9.77. The Balaban J connectivity index is 0.000000196. The summed E-state index contributed by atoms with van der Waals surface area (Å²) in [5, 5.41) is 12.7. The monoisotopic (exact) mass is 677 g/mol. The Morgan fingerprint density at radius 2 is 1.73 bits per heavy atom. The second-order valence-corrected chi connectivity index (χ2v) is 10.3. The van der Waals surface area contributed by atoms with Crippen LogP contribution in [-0.2, 0) is 4.74 Å². The van der Waals surface area contributed by atoms with E-state index in [-0.39, 0.29) is 12.1 Å². The summed E-state index contributed by atoms with van der Waals surface area (Å²) in [5.74, 6) is 0.886. The number of fused-ring (bicyclic) bond motifs is 2. The molecule has 4 aromatic rings. The number of ether oxygens (including phenoxy) is 1. The summed E-state index contributed by atoms with van der Waals surface area (Å²) in [6.07, 6.45) is 2.52. The minimum atomic E-state index is -0.488. The van der Waals surface area contributed by atoms with E-state index in [9.17, 15) is 4.79 Å². The van der Waals surface area contributed by atoms with Crippen molar-refractivity contribution in [1.82, 2.24) is 44.8 Å². The molecule has 0 atom stereocenters. The van der Waals surface area contributed by atoms with E-state index < -0.39 is 5.60 Å².